The Balaban J connectivity index is 2.07. The van der Waals surface area contributed by atoms with E-state index in [1.54, 1.807) is 24.3 Å². The van der Waals surface area contributed by atoms with Crippen LogP contribution in [0.3, 0.4) is 0 Å². The highest BCUT2D eigenvalue weighted by molar-refractivity contribution is 9.10. The van der Waals surface area contributed by atoms with E-state index in [0.29, 0.717) is 5.92 Å². The number of nitrogens with zero attached hydrogens (tertiary/aromatic N) is 1. The first-order valence-corrected chi connectivity index (χ1v) is 10.3. The average Bonchev–Trinajstić information content (AvgIpc) is 2.45. The van der Waals surface area contributed by atoms with Crippen LogP contribution < -0.4 is 4.83 Å². The first-order valence-electron chi connectivity index (χ1n) is 7.88. The Kier molecular flexibility index (Phi) is 5.56. The van der Waals surface area contributed by atoms with E-state index in [9.17, 15) is 8.42 Å². The number of nitrogens with one attached hydrogen (secondary N) is 1. The van der Waals surface area contributed by atoms with Gasteiger partial charge in [-0.15, -0.1) is 0 Å². The molecular weight excluding hydrogens is 376 g/mol. The van der Waals surface area contributed by atoms with Crippen molar-refractivity contribution in [3.05, 3.63) is 29.8 Å². The Labute approximate surface area is 147 Å². The van der Waals surface area contributed by atoms with Gasteiger partial charge < -0.3 is 0 Å². The van der Waals surface area contributed by atoms with E-state index in [0.717, 1.165) is 30.5 Å². The predicted molar refractivity (Wildman–Crippen MR) is 98.4 cm³/mol. The van der Waals surface area contributed by atoms with Crippen molar-refractivity contribution in [3.63, 3.8) is 0 Å². The molecule has 1 saturated carbocycles. The lowest BCUT2D eigenvalue weighted by molar-refractivity contribution is 0.211. The zero-order valence-corrected chi connectivity index (χ0v) is 16.5. The van der Waals surface area contributed by atoms with E-state index in [-0.39, 0.29) is 15.1 Å². The van der Waals surface area contributed by atoms with E-state index < -0.39 is 10.0 Å². The second kappa shape index (κ2) is 6.93. The van der Waals surface area contributed by atoms with Crippen LogP contribution in [0.5, 0.6) is 0 Å². The van der Waals surface area contributed by atoms with Gasteiger partial charge in [0.2, 0.25) is 0 Å². The number of halogens is 1. The van der Waals surface area contributed by atoms with Crippen LogP contribution in [-0.2, 0) is 10.0 Å². The zero-order chi connectivity index (χ0) is 17.3. The molecule has 1 fully saturated rings. The largest absolute Gasteiger partial charge is 0.276 e. The number of rotatable bonds is 3. The van der Waals surface area contributed by atoms with Gasteiger partial charge in [-0.25, -0.2) is 4.83 Å². The number of hydrazone groups is 1. The normalized spacial score (nSPS) is 24.7. The first kappa shape index (κ1) is 18.5. The number of alkyl halides is 1. The van der Waals surface area contributed by atoms with Crippen LogP contribution in [0.2, 0.25) is 0 Å². The van der Waals surface area contributed by atoms with Crippen LogP contribution in [0.25, 0.3) is 0 Å². The summed E-state index contributed by atoms with van der Waals surface area (Å²) in [6, 6.07) is 6.76. The maximum Gasteiger partial charge on any atom is 0.276 e. The summed E-state index contributed by atoms with van der Waals surface area (Å²) in [6.45, 7) is 8.67. The molecule has 0 bridgehead atoms. The molecule has 6 heteroatoms. The molecule has 2 rings (SSSR count). The fourth-order valence-electron chi connectivity index (χ4n) is 2.78. The third kappa shape index (κ3) is 4.80. The van der Waals surface area contributed by atoms with Crippen molar-refractivity contribution in [2.75, 3.05) is 0 Å². The topological polar surface area (TPSA) is 58.5 Å². The number of hydrogen-bond donors (Lipinski definition) is 1. The van der Waals surface area contributed by atoms with Crippen molar-refractivity contribution < 1.29 is 8.42 Å². The van der Waals surface area contributed by atoms with Crippen LogP contribution >= 0.6 is 15.9 Å². The Morgan fingerprint density at radius 1 is 1.22 bits per heavy atom. The van der Waals surface area contributed by atoms with Crippen molar-refractivity contribution >= 4 is 31.7 Å². The molecule has 23 heavy (non-hydrogen) atoms. The minimum absolute atomic E-state index is 0.126. The lowest BCUT2D eigenvalue weighted by Gasteiger charge is -2.36. The molecule has 0 spiro atoms. The van der Waals surface area contributed by atoms with Gasteiger partial charge >= 0.3 is 0 Å². The van der Waals surface area contributed by atoms with Gasteiger partial charge in [0.25, 0.3) is 10.0 Å². The fraction of sp³-hybridized carbons (Fsp3) is 0.588. The molecule has 0 saturated heterocycles. The maximum absolute atomic E-state index is 12.3. The average molecular weight is 401 g/mol. The number of sulfonamides is 1. The highest BCUT2D eigenvalue weighted by Gasteiger charge is 2.33. The lowest BCUT2D eigenvalue weighted by Crippen LogP contribution is -2.34. The Morgan fingerprint density at radius 3 is 2.35 bits per heavy atom. The van der Waals surface area contributed by atoms with Crippen molar-refractivity contribution in [1.29, 1.82) is 0 Å². The van der Waals surface area contributed by atoms with Crippen LogP contribution in [0.15, 0.2) is 34.3 Å². The van der Waals surface area contributed by atoms with E-state index in [2.05, 4.69) is 46.6 Å². The molecule has 0 radical (unpaired) electrons. The second-order valence-electron chi connectivity index (χ2n) is 7.32. The smallest absolute Gasteiger partial charge is 0.200 e. The van der Waals surface area contributed by atoms with Gasteiger partial charge in [0.15, 0.2) is 0 Å². The Morgan fingerprint density at radius 2 is 1.83 bits per heavy atom. The summed E-state index contributed by atoms with van der Waals surface area (Å²) in [4.78, 5) is 2.74. The Bertz CT molecular complexity index is 676. The van der Waals surface area contributed by atoms with Crippen LogP contribution in [-0.4, -0.2) is 19.0 Å². The van der Waals surface area contributed by atoms with Gasteiger partial charge in [-0.3, -0.25) is 0 Å². The molecule has 0 amide bonds. The van der Waals surface area contributed by atoms with Crippen LogP contribution in [0.4, 0.5) is 0 Å². The van der Waals surface area contributed by atoms with Crippen molar-refractivity contribution in [2.45, 2.75) is 56.7 Å². The van der Waals surface area contributed by atoms with Gasteiger partial charge in [-0.1, -0.05) is 54.4 Å². The van der Waals surface area contributed by atoms with E-state index in [1.165, 1.54) is 0 Å². The molecule has 1 aliphatic rings. The minimum Gasteiger partial charge on any atom is -0.200 e. The van der Waals surface area contributed by atoms with Gasteiger partial charge in [0, 0.05) is 0 Å². The first-order chi connectivity index (χ1) is 10.6. The summed E-state index contributed by atoms with van der Waals surface area (Å²) in [5, 5.41) is 4.18. The van der Waals surface area contributed by atoms with Gasteiger partial charge in [-0.05, 0) is 49.7 Å². The number of benzene rings is 1. The van der Waals surface area contributed by atoms with E-state index in [1.807, 2.05) is 6.92 Å². The highest BCUT2D eigenvalue weighted by atomic mass is 79.9. The molecule has 4 nitrogen and oxygen atoms in total. The minimum atomic E-state index is -3.60. The standard InChI is InChI=1S/C17H25BrN2O2S/c1-12-5-8-14(9-6-12)23(21,22)20-19-16-10-7-13(11-15(16)18)17(2,3)4/h5-6,8-9,13,15,20H,7,10-11H2,1-4H3/b19-16-. The van der Waals surface area contributed by atoms with Crippen LogP contribution in [0.1, 0.15) is 45.6 Å². The molecule has 1 aromatic rings. The molecule has 128 valence electrons. The molecule has 1 aliphatic carbocycles. The maximum atomic E-state index is 12.3. The Hall–Kier alpha value is -0.880. The summed E-state index contributed by atoms with van der Waals surface area (Å²) < 4.78 is 24.6. The third-order valence-electron chi connectivity index (χ3n) is 4.47. The van der Waals surface area contributed by atoms with Crippen molar-refractivity contribution in [2.24, 2.45) is 16.4 Å². The van der Waals surface area contributed by atoms with Gasteiger partial charge in [0.1, 0.15) is 0 Å². The molecule has 1 N–H and O–H groups in total. The van der Waals surface area contributed by atoms with E-state index >= 15 is 0 Å². The summed E-state index contributed by atoms with van der Waals surface area (Å²) >= 11 is 3.66. The third-order valence-corrected chi connectivity index (χ3v) is 6.59. The number of aryl methyl sites for hydroxylation is 1. The molecule has 0 heterocycles. The van der Waals surface area contributed by atoms with Crippen molar-refractivity contribution in [1.82, 2.24) is 4.83 Å². The predicted octanol–water partition coefficient (Wildman–Crippen LogP) is 4.24. The van der Waals surface area contributed by atoms with Gasteiger partial charge in [0.05, 0.1) is 15.4 Å². The fourth-order valence-corrected chi connectivity index (χ4v) is 4.40. The molecule has 0 aromatic heterocycles. The lowest BCUT2D eigenvalue weighted by atomic mass is 9.72. The molecule has 0 aliphatic heterocycles. The van der Waals surface area contributed by atoms with Crippen LogP contribution in [0, 0.1) is 18.3 Å². The van der Waals surface area contributed by atoms with Crippen molar-refractivity contribution in [3.8, 4) is 0 Å². The summed E-state index contributed by atoms with van der Waals surface area (Å²) in [7, 11) is -3.60. The highest BCUT2D eigenvalue weighted by Crippen LogP contribution is 2.39. The second-order valence-corrected chi connectivity index (χ2v) is 10.1. The molecule has 2 unspecified atom stereocenters. The molecular formula is C17H25BrN2O2S. The van der Waals surface area contributed by atoms with Gasteiger partial charge in [-0.2, -0.15) is 13.5 Å². The molecule has 1 aromatic carbocycles. The quantitative estimate of drug-likeness (QED) is 0.609. The van der Waals surface area contributed by atoms with E-state index in [4.69, 9.17) is 0 Å². The summed E-state index contributed by atoms with van der Waals surface area (Å²) in [5.41, 5.74) is 2.16. The summed E-state index contributed by atoms with van der Waals surface area (Å²) in [6.07, 6.45) is 2.83. The summed E-state index contributed by atoms with van der Waals surface area (Å²) in [5.74, 6) is 0.611. The SMILES string of the molecule is Cc1ccc(S(=O)(=O)N/N=C2/CCC(C(C)(C)C)CC2Br)cc1. The number of hydrogen-bond acceptors (Lipinski definition) is 3. The zero-order valence-electron chi connectivity index (χ0n) is 14.1. The molecule has 2 atom stereocenters. The monoisotopic (exact) mass is 400 g/mol.